The molecular weight excluding hydrogens is 292 g/mol. The number of anilines is 1. The smallest absolute Gasteiger partial charge is 0.229 e. The van der Waals surface area contributed by atoms with Gasteiger partial charge in [-0.15, -0.1) is 0 Å². The average Bonchev–Trinajstić information content (AvgIpc) is 3.02. The van der Waals surface area contributed by atoms with Gasteiger partial charge >= 0.3 is 0 Å². The Morgan fingerprint density at radius 3 is 2.38 bits per heavy atom. The molecule has 0 N–H and O–H groups in total. The van der Waals surface area contributed by atoms with Crippen LogP contribution in [0.4, 0.5) is 11.4 Å². The second-order valence-corrected chi connectivity index (χ2v) is 6.75. The SMILES string of the molecule is Cc1cc(C)c([N+]2=CN(c3cccc4ccccc34)CC2)c(C)c1. The van der Waals surface area contributed by atoms with Gasteiger partial charge in [0.25, 0.3) is 0 Å². The van der Waals surface area contributed by atoms with Gasteiger partial charge in [0, 0.05) is 5.39 Å². The van der Waals surface area contributed by atoms with Crippen molar-refractivity contribution >= 4 is 28.5 Å². The van der Waals surface area contributed by atoms with Crippen LogP contribution in [0.5, 0.6) is 0 Å². The molecule has 3 aromatic rings. The molecule has 0 unspecified atom stereocenters. The molecule has 3 aromatic carbocycles. The minimum atomic E-state index is 1.01. The molecule has 0 atom stereocenters. The predicted molar refractivity (Wildman–Crippen MR) is 103 cm³/mol. The van der Waals surface area contributed by atoms with Crippen LogP contribution in [-0.4, -0.2) is 24.0 Å². The van der Waals surface area contributed by atoms with E-state index in [4.69, 9.17) is 0 Å². The average molecular weight is 315 g/mol. The number of aryl methyl sites for hydroxylation is 3. The minimum absolute atomic E-state index is 1.01. The van der Waals surface area contributed by atoms with E-state index in [0.29, 0.717) is 0 Å². The monoisotopic (exact) mass is 315 g/mol. The quantitative estimate of drug-likeness (QED) is 0.606. The van der Waals surface area contributed by atoms with Crippen LogP contribution >= 0.6 is 0 Å². The summed E-state index contributed by atoms with van der Waals surface area (Å²) in [5.74, 6) is 0. The van der Waals surface area contributed by atoms with Crippen molar-refractivity contribution in [3.05, 3.63) is 71.3 Å². The molecule has 120 valence electrons. The van der Waals surface area contributed by atoms with Gasteiger partial charge in [-0.1, -0.05) is 54.1 Å². The van der Waals surface area contributed by atoms with Crippen molar-refractivity contribution in [3.63, 3.8) is 0 Å². The Morgan fingerprint density at radius 2 is 1.58 bits per heavy atom. The number of benzene rings is 3. The summed E-state index contributed by atoms with van der Waals surface area (Å²) in [6.07, 6.45) is 2.27. The molecule has 0 saturated carbocycles. The van der Waals surface area contributed by atoms with E-state index in [1.54, 1.807) is 0 Å². The number of fused-ring (bicyclic) bond motifs is 1. The van der Waals surface area contributed by atoms with Gasteiger partial charge < -0.3 is 0 Å². The molecule has 0 aliphatic carbocycles. The zero-order chi connectivity index (χ0) is 16.7. The molecule has 1 heterocycles. The van der Waals surface area contributed by atoms with Crippen LogP contribution in [0.3, 0.4) is 0 Å². The first kappa shape index (κ1) is 14.9. The maximum atomic E-state index is 2.39. The maximum absolute atomic E-state index is 2.39. The molecule has 1 aliphatic heterocycles. The fourth-order valence-electron chi connectivity index (χ4n) is 3.94. The Bertz CT molecular complexity index is 925. The lowest BCUT2D eigenvalue weighted by molar-refractivity contribution is -0.425. The van der Waals surface area contributed by atoms with E-state index in [-0.39, 0.29) is 0 Å². The van der Waals surface area contributed by atoms with Gasteiger partial charge in [0.2, 0.25) is 6.34 Å². The molecule has 1 aliphatic rings. The van der Waals surface area contributed by atoms with E-state index >= 15 is 0 Å². The molecule has 0 aromatic heterocycles. The second kappa shape index (κ2) is 5.79. The van der Waals surface area contributed by atoms with Crippen LogP contribution in [0.2, 0.25) is 0 Å². The van der Waals surface area contributed by atoms with Crippen LogP contribution in [0.1, 0.15) is 16.7 Å². The molecule has 2 nitrogen and oxygen atoms in total. The molecule has 0 bridgehead atoms. The van der Waals surface area contributed by atoms with Crippen LogP contribution in [0, 0.1) is 20.8 Å². The molecular formula is C22H23N2+. The molecule has 0 saturated heterocycles. The molecule has 4 rings (SSSR count). The molecule has 0 amide bonds. The zero-order valence-corrected chi connectivity index (χ0v) is 14.6. The molecule has 0 spiro atoms. The highest BCUT2D eigenvalue weighted by atomic mass is 15.3. The lowest BCUT2D eigenvalue weighted by atomic mass is 10.0. The topological polar surface area (TPSA) is 6.25 Å². The van der Waals surface area contributed by atoms with Crippen LogP contribution in [-0.2, 0) is 0 Å². The third-order valence-electron chi connectivity index (χ3n) is 4.86. The van der Waals surface area contributed by atoms with Crippen molar-refractivity contribution < 1.29 is 4.58 Å². The lowest BCUT2D eigenvalue weighted by Gasteiger charge is -2.10. The third kappa shape index (κ3) is 2.48. The lowest BCUT2D eigenvalue weighted by Crippen LogP contribution is -2.18. The first-order valence-corrected chi connectivity index (χ1v) is 8.57. The van der Waals surface area contributed by atoms with Crippen LogP contribution < -0.4 is 4.90 Å². The first-order valence-electron chi connectivity index (χ1n) is 8.57. The minimum Gasteiger partial charge on any atom is -0.229 e. The van der Waals surface area contributed by atoms with Gasteiger partial charge in [-0.2, -0.15) is 0 Å². The predicted octanol–water partition coefficient (Wildman–Crippen LogP) is 4.96. The number of hydrogen-bond donors (Lipinski definition) is 0. The van der Waals surface area contributed by atoms with Crippen molar-refractivity contribution in [2.45, 2.75) is 20.8 Å². The molecule has 0 fully saturated rings. The summed E-state index contributed by atoms with van der Waals surface area (Å²) >= 11 is 0. The molecule has 0 radical (unpaired) electrons. The van der Waals surface area contributed by atoms with Gasteiger partial charge in [-0.3, -0.25) is 0 Å². The summed E-state index contributed by atoms with van der Waals surface area (Å²) in [6.45, 7) is 8.63. The Morgan fingerprint density at radius 1 is 0.875 bits per heavy atom. The van der Waals surface area contributed by atoms with Gasteiger partial charge in [-0.05, 0) is 43.4 Å². The van der Waals surface area contributed by atoms with E-state index in [2.05, 4.69) is 91.2 Å². The summed E-state index contributed by atoms with van der Waals surface area (Å²) in [4.78, 5) is 2.38. The van der Waals surface area contributed by atoms with Crippen LogP contribution in [0.25, 0.3) is 10.8 Å². The van der Waals surface area contributed by atoms with E-state index in [1.165, 1.54) is 38.8 Å². The Kier molecular flexibility index (Phi) is 3.61. The van der Waals surface area contributed by atoms with E-state index in [0.717, 1.165) is 13.1 Å². The van der Waals surface area contributed by atoms with Gasteiger partial charge in [0.1, 0.15) is 24.5 Å². The summed E-state index contributed by atoms with van der Waals surface area (Å²) < 4.78 is 2.39. The van der Waals surface area contributed by atoms with Gasteiger partial charge in [0.15, 0.2) is 0 Å². The van der Waals surface area contributed by atoms with Crippen molar-refractivity contribution in [3.8, 4) is 0 Å². The van der Waals surface area contributed by atoms with Gasteiger partial charge in [-0.25, -0.2) is 9.48 Å². The second-order valence-electron chi connectivity index (χ2n) is 6.75. The third-order valence-corrected chi connectivity index (χ3v) is 4.86. The summed E-state index contributed by atoms with van der Waals surface area (Å²) in [5, 5.41) is 2.61. The van der Waals surface area contributed by atoms with Crippen LogP contribution in [0.15, 0.2) is 54.6 Å². The standard InChI is InChI=1S/C22H23N2/c1-16-13-17(2)22(18(3)14-16)24-12-11-23(15-24)21-10-6-8-19-7-4-5-9-20(19)21/h4-10,13-15H,11-12H2,1-3H3/q+1. The number of rotatable bonds is 2. The first-order chi connectivity index (χ1) is 11.6. The Labute approximate surface area is 143 Å². The highest BCUT2D eigenvalue weighted by Gasteiger charge is 2.25. The van der Waals surface area contributed by atoms with E-state index < -0.39 is 0 Å². The number of nitrogens with zero attached hydrogens (tertiary/aromatic N) is 2. The molecule has 24 heavy (non-hydrogen) atoms. The summed E-state index contributed by atoms with van der Waals surface area (Å²) in [5.41, 5.74) is 6.67. The van der Waals surface area contributed by atoms with Crippen molar-refractivity contribution in [1.29, 1.82) is 0 Å². The fourth-order valence-corrected chi connectivity index (χ4v) is 3.94. The highest BCUT2D eigenvalue weighted by Crippen LogP contribution is 2.30. The fraction of sp³-hybridized carbons (Fsp3) is 0.227. The van der Waals surface area contributed by atoms with Gasteiger partial charge in [0.05, 0.1) is 0 Å². The summed E-state index contributed by atoms with van der Waals surface area (Å²) in [6, 6.07) is 19.7. The Balaban J connectivity index is 1.78. The van der Waals surface area contributed by atoms with E-state index in [9.17, 15) is 0 Å². The normalized spacial score (nSPS) is 14.3. The largest absolute Gasteiger partial charge is 0.244 e. The van der Waals surface area contributed by atoms with E-state index in [1.807, 2.05) is 0 Å². The van der Waals surface area contributed by atoms with Crippen molar-refractivity contribution in [1.82, 2.24) is 0 Å². The number of hydrogen-bond acceptors (Lipinski definition) is 1. The van der Waals surface area contributed by atoms with Crippen molar-refractivity contribution in [2.75, 3.05) is 18.0 Å². The zero-order valence-electron chi connectivity index (χ0n) is 14.6. The highest BCUT2D eigenvalue weighted by molar-refractivity contribution is 5.98. The molecule has 2 heteroatoms. The maximum Gasteiger partial charge on any atom is 0.244 e. The Hall–Kier alpha value is -2.61. The van der Waals surface area contributed by atoms with Crippen molar-refractivity contribution in [2.24, 2.45) is 0 Å². The summed E-state index contributed by atoms with van der Waals surface area (Å²) in [7, 11) is 0.